The maximum absolute atomic E-state index is 12.4. The Morgan fingerprint density at radius 1 is 0.767 bits per heavy atom. The van der Waals surface area contributed by atoms with Gasteiger partial charge in [0.2, 0.25) is 0 Å². The Labute approximate surface area is 177 Å². The van der Waals surface area contributed by atoms with Gasteiger partial charge >= 0.3 is 5.97 Å². The van der Waals surface area contributed by atoms with E-state index < -0.39 is 11.4 Å². The van der Waals surface area contributed by atoms with E-state index >= 15 is 0 Å². The fourth-order valence-electron chi connectivity index (χ4n) is 2.52. The van der Waals surface area contributed by atoms with Gasteiger partial charge in [-0.05, 0) is 54.9 Å². The topological polar surface area (TPSA) is 43.4 Å². The van der Waals surface area contributed by atoms with Crippen molar-refractivity contribution >= 4 is 11.8 Å². The molecule has 146 valence electrons. The minimum atomic E-state index is -1.46. The van der Waals surface area contributed by atoms with Crippen LogP contribution in [0.5, 0.6) is 0 Å². The molecule has 0 N–H and O–H groups in total. The standard InChI is InChI=1S/C27H20O3/c1-23(28)27(26(29)30-2,21-13-5-11-19-24-15-7-3-8-16-24)22-14-6-12-20-25-17-9-4-10-18-25/h3-4,7-10,15-18H,21-22H2,1-2H3. The normalized spacial score (nSPS) is 9.13. The van der Waals surface area contributed by atoms with E-state index in [9.17, 15) is 9.59 Å². The lowest BCUT2D eigenvalue weighted by Crippen LogP contribution is -2.38. The summed E-state index contributed by atoms with van der Waals surface area (Å²) in [6.45, 7) is 1.34. The molecule has 0 radical (unpaired) electrons. The molecule has 0 saturated heterocycles. The van der Waals surface area contributed by atoms with Crippen LogP contribution in [0.4, 0.5) is 0 Å². The van der Waals surface area contributed by atoms with Gasteiger partial charge in [-0.25, -0.2) is 0 Å². The zero-order valence-corrected chi connectivity index (χ0v) is 16.9. The average Bonchev–Trinajstić information content (AvgIpc) is 2.78. The molecule has 0 fully saturated rings. The van der Waals surface area contributed by atoms with Gasteiger partial charge in [0.15, 0.2) is 0 Å². The molecule has 0 heterocycles. The van der Waals surface area contributed by atoms with Gasteiger partial charge in [-0.15, -0.1) is 0 Å². The third-order valence-electron chi connectivity index (χ3n) is 4.29. The van der Waals surface area contributed by atoms with E-state index in [1.165, 1.54) is 14.0 Å². The molecular weight excluding hydrogens is 372 g/mol. The summed E-state index contributed by atoms with van der Waals surface area (Å²) in [5.41, 5.74) is 0.207. The van der Waals surface area contributed by atoms with E-state index in [4.69, 9.17) is 4.74 Å². The Morgan fingerprint density at radius 3 is 1.57 bits per heavy atom. The first-order chi connectivity index (χ1) is 14.6. The molecule has 0 spiro atoms. The minimum Gasteiger partial charge on any atom is -0.468 e. The van der Waals surface area contributed by atoms with Crippen LogP contribution in [0.15, 0.2) is 60.7 Å². The van der Waals surface area contributed by atoms with Crippen molar-refractivity contribution in [3.63, 3.8) is 0 Å². The van der Waals surface area contributed by atoms with E-state index in [-0.39, 0.29) is 18.6 Å². The van der Waals surface area contributed by atoms with Gasteiger partial charge in [0.1, 0.15) is 11.2 Å². The van der Waals surface area contributed by atoms with E-state index in [2.05, 4.69) is 47.4 Å². The van der Waals surface area contributed by atoms with Crippen LogP contribution in [0.25, 0.3) is 0 Å². The first-order valence-electron chi connectivity index (χ1n) is 9.26. The van der Waals surface area contributed by atoms with Crippen molar-refractivity contribution in [3.8, 4) is 47.4 Å². The van der Waals surface area contributed by atoms with Crippen molar-refractivity contribution < 1.29 is 14.3 Å². The fraction of sp³-hybridized carbons (Fsp3) is 0.185. The second kappa shape index (κ2) is 11.6. The Hall–Kier alpha value is -4.18. The summed E-state index contributed by atoms with van der Waals surface area (Å²) in [5, 5.41) is 0. The molecule has 0 saturated carbocycles. The smallest absolute Gasteiger partial charge is 0.321 e. The van der Waals surface area contributed by atoms with Crippen molar-refractivity contribution in [3.05, 3.63) is 71.8 Å². The highest BCUT2D eigenvalue weighted by molar-refractivity contribution is 6.03. The van der Waals surface area contributed by atoms with Crippen LogP contribution in [0.2, 0.25) is 0 Å². The molecule has 2 aromatic rings. The molecule has 0 atom stereocenters. The third kappa shape index (κ3) is 6.46. The second-order valence-corrected chi connectivity index (χ2v) is 6.32. The third-order valence-corrected chi connectivity index (χ3v) is 4.29. The number of Topliss-reactive ketones (excluding diaryl/α,β-unsaturated/α-hetero) is 1. The van der Waals surface area contributed by atoms with E-state index in [1.54, 1.807) is 0 Å². The zero-order chi connectivity index (χ0) is 21.7. The van der Waals surface area contributed by atoms with E-state index in [0.717, 1.165) is 11.1 Å². The van der Waals surface area contributed by atoms with Crippen molar-refractivity contribution in [1.29, 1.82) is 0 Å². The van der Waals surface area contributed by atoms with Crippen LogP contribution < -0.4 is 0 Å². The molecule has 3 heteroatoms. The summed E-state index contributed by atoms with van der Waals surface area (Å²) in [7, 11) is 1.24. The predicted molar refractivity (Wildman–Crippen MR) is 117 cm³/mol. The number of esters is 1. The highest BCUT2D eigenvalue weighted by Gasteiger charge is 2.43. The molecule has 0 unspecified atom stereocenters. The largest absolute Gasteiger partial charge is 0.468 e. The zero-order valence-electron chi connectivity index (χ0n) is 16.9. The Bertz CT molecular complexity index is 1050. The van der Waals surface area contributed by atoms with Crippen molar-refractivity contribution in [2.45, 2.75) is 19.8 Å². The van der Waals surface area contributed by atoms with Gasteiger partial charge in [0, 0.05) is 24.0 Å². The lowest BCUT2D eigenvalue weighted by atomic mass is 9.78. The number of benzene rings is 2. The van der Waals surface area contributed by atoms with Gasteiger partial charge < -0.3 is 4.74 Å². The molecule has 2 rings (SSSR count). The first-order valence-corrected chi connectivity index (χ1v) is 9.26. The van der Waals surface area contributed by atoms with Gasteiger partial charge in [0.05, 0.1) is 7.11 Å². The molecule has 3 nitrogen and oxygen atoms in total. The highest BCUT2D eigenvalue weighted by Crippen LogP contribution is 2.29. The Kier molecular flexibility index (Phi) is 8.56. The summed E-state index contributed by atoms with van der Waals surface area (Å²) in [6, 6.07) is 18.8. The minimum absolute atomic E-state index is 0.0285. The Morgan fingerprint density at radius 2 is 1.20 bits per heavy atom. The van der Waals surface area contributed by atoms with Crippen LogP contribution in [-0.2, 0) is 14.3 Å². The first kappa shape index (κ1) is 22.1. The molecule has 0 aliphatic carbocycles. The molecule has 0 bridgehead atoms. The van der Waals surface area contributed by atoms with E-state index in [1.807, 2.05) is 60.7 Å². The quantitative estimate of drug-likeness (QED) is 0.453. The fourth-order valence-corrected chi connectivity index (χ4v) is 2.52. The second-order valence-electron chi connectivity index (χ2n) is 6.32. The summed E-state index contributed by atoms with van der Waals surface area (Å²) < 4.78 is 4.86. The maximum Gasteiger partial charge on any atom is 0.321 e. The van der Waals surface area contributed by atoms with E-state index in [0.29, 0.717) is 0 Å². The highest BCUT2D eigenvalue weighted by atomic mass is 16.5. The summed E-state index contributed by atoms with van der Waals surface area (Å²) >= 11 is 0. The number of hydrogen-bond acceptors (Lipinski definition) is 3. The summed E-state index contributed by atoms with van der Waals surface area (Å²) in [4.78, 5) is 24.7. The lowest BCUT2D eigenvalue weighted by molar-refractivity contribution is -0.156. The van der Waals surface area contributed by atoms with Crippen LogP contribution in [0.1, 0.15) is 30.9 Å². The van der Waals surface area contributed by atoms with Crippen molar-refractivity contribution in [1.82, 2.24) is 0 Å². The molecular formula is C27H20O3. The number of methoxy groups -OCH3 is 1. The molecule has 2 aromatic carbocycles. The average molecular weight is 392 g/mol. The van der Waals surface area contributed by atoms with Gasteiger partial charge in [-0.3, -0.25) is 9.59 Å². The molecule has 0 aromatic heterocycles. The number of hydrogen-bond donors (Lipinski definition) is 0. The number of ether oxygens (including phenoxy) is 1. The number of rotatable bonds is 4. The SMILES string of the molecule is COC(=O)C(CC#CC#Cc1ccccc1)(CC#CC#Cc1ccccc1)C(C)=O. The summed E-state index contributed by atoms with van der Waals surface area (Å²) in [5.74, 6) is 21.3. The number of ketones is 1. The summed E-state index contributed by atoms with van der Waals surface area (Å²) in [6.07, 6.45) is -0.0570. The molecule has 0 aliphatic heterocycles. The van der Waals surface area contributed by atoms with Gasteiger partial charge in [-0.2, -0.15) is 0 Å². The van der Waals surface area contributed by atoms with Crippen LogP contribution in [-0.4, -0.2) is 18.9 Å². The monoisotopic (exact) mass is 392 g/mol. The lowest BCUT2D eigenvalue weighted by Gasteiger charge is -2.23. The van der Waals surface area contributed by atoms with Crippen molar-refractivity contribution in [2.24, 2.45) is 5.41 Å². The predicted octanol–water partition coefficient (Wildman–Crippen LogP) is 3.63. The number of carbonyl (C=O) groups is 2. The van der Waals surface area contributed by atoms with Crippen LogP contribution in [0, 0.1) is 52.8 Å². The van der Waals surface area contributed by atoms with Crippen LogP contribution >= 0.6 is 0 Å². The number of carbonyl (C=O) groups excluding carboxylic acids is 2. The molecule has 0 aliphatic rings. The van der Waals surface area contributed by atoms with Gasteiger partial charge in [0.25, 0.3) is 0 Å². The molecule has 0 amide bonds. The van der Waals surface area contributed by atoms with Gasteiger partial charge in [-0.1, -0.05) is 60.1 Å². The maximum atomic E-state index is 12.4. The Balaban J connectivity index is 2.17. The molecule has 30 heavy (non-hydrogen) atoms. The van der Waals surface area contributed by atoms with Crippen molar-refractivity contribution in [2.75, 3.05) is 7.11 Å². The van der Waals surface area contributed by atoms with Crippen LogP contribution in [0.3, 0.4) is 0 Å².